The maximum Gasteiger partial charge on any atom is 0.208 e. The summed E-state index contributed by atoms with van der Waals surface area (Å²) in [7, 11) is 3.93. The van der Waals surface area contributed by atoms with E-state index in [1.807, 2.05) is 37.2 Å². The molecule has 0 aliphatic rings. The molecule has 0 bridgehead atoms. The fourth-order valence-electron chi connectivity index (χ4n) is 1.47. The van der Waals surface area contributed by atoms with Crippen LogP contribution >= 0.6 is 23.1 Å². The van der Waals surface area contributed by atoms with E-state index in [0.717, 1.165) is 9.47 Å². The average molecular weight is 280 g/mol. The van der Waals surface area contributed by atoms with Gasteiger partial charge in [-0.3, -0.25) is 0 Å². The van der Waals surface area contributed by atoms with E-state index in [2.05, 4.69) is 22.3 Å². The van der Waals surface area contributed by atoms with E-state index in [0.29, 0.717) is 6.54 Å². The van der Waals surface area contributed by atoms with Gasteiger partial charge in [-0.2, -0.15) is 0 Å². The third kappa shape index (κ3) is 3.22. The molecular formula is C12H16N4S2. The van der Waals surface area contributed by atoms with Gasteiger partial charge in [0.05, 0.1) is 0 Å². The molecule has 0 radical (unpaired) electrons. The zero-order valence-electron chi connectivity index (χ0n) is 10.4. The summed E-state index contributed by atoms with van der Waals surface area (Å²) in [6.07, 6.45) is 0. The SMILES string of the molecule is CN(C)c1nnc(SC(CN)c2ccccc2)s1. The molecule has 0 aliphatic carbocycles. The minimum Gasteiger partial charge on any atom is -0.353 e. The zero-order valence-corrected chi connectivity index (χ0v) is 12.0. The second-order valence-electron chi connectivity index (χ2n) is 4.00. The Morgan fingerprint density at radius 2 is 2.00 bits per heavy atom. The first-order chi connectivity index (χ1) is 8.70. The highest BCUT2D eigenvalue weighted by atomic mass is 32.2. The summed E-state index contributed by atoms with van der Waals surface area (Å²) in [5, 5.41) is 9.46. The predicted molar refractivity (Wildman–Crippen MR) is 78.3 cm³/mol. The maximum absolute atomic E-state index is 5.84. The normalized spacial score (nSPS) is 12.4. The Morgan fingerprint density at radius 3 is 2.56 bits per heavy atom. The number of anilines is 1. The van der Waals surface area contributed by atoms with Crippen molar-refractivity contribution in [3.63, 3.8) is 0 Å². The van der Waals surface area contributed by atoms with Gasteiger partial charge in [0.1, 0.15) is 0 Å². The van der Waals surface area contributed by atoms with Gasteiger partial charge in [0, 0.05) is 25.9 Å². The van der Waals surface area contributed by atoms with Crippen molar-refractivity contribution in [2.75, 3.05) is 25.5 Å². The first-order valence-corrected chi connectivity index (χ1v) is 7.33. The van der Waals surface area contributed by atoms with E-state index in [-0.39, 0.29) is 5.25 Å². The summed E-state index contributed by atoms with van der Waals surface area (Å²) >= 11 is 3.26. The van der Waals surface area contributed by atoms with Crippen LogP contribution in [0.4, 0.5) is 5.13 Å². The van der Waals surface area contributed by atoms with Crippen molar-refractivity contribution in [1.82, 2.24) is 10.2 Å². The van der Waals surface area contributed by atoms with Crippen LogP contribution in [-0.2, 0) is 0 Å². The van der Waals surface area contributed by atoms with Crippen LogP contribution in [0.15, 0.2) is 34.7 Å². The zero-order chi connectivity index (χ0) is 13.0. The van der Waals surface area contributed by atoms with Gasteiger partial charge in [-0.15, -0.1) is 10.2 Å². The first-order valence-electron chi connectivity index (χ1n) is 5.63. The summed E-state index contributed by atoms with van der Waals surface area (Å²) in [6, 6.07) is 10.3. The monoisotopic (exact) mass is 280 g/mol. The molecule has 0 saturated heterocycles. The summed E-state index contributed by atoms with van der Waals surface area (Å²) < 4.78 is 0.956. The van der Waals surface area contributed by atoms with Crippen LogP contribution in [0.5, 0.6) is 0 Å². The smallest absolute Gasteiger partial charge is 0.208 e. The number of thioether (sulfide) groups is 1. The van der Waals surface area contributed by atoms with Crippen LogP contribution in [0.25, 0.3) is 0 Å². The molecular weight excluding hydrogens is 264 g/mol. The van der Waals surface area contributed by atoms with Gasteiger partial charge in [0.15, 0.2) is 4.34 Å². The van der Waals surface area contributed by atoms with Crippen molar-refractivity contribution in [1.29, 1.82) is 0 Å². The van der Waals surface area contributed by atoms with Crippen LogP contribution < -0.4 is 10.6 Å². The van der Waals surface area contributed by atoms with Crippen LogP contribution in [0, 0.1) is 0 Å². The molecule has 1 aromatic carbocycles. The standard InChI is InChI=1S/C12H16N4S2/c1-16(2)11-14-15-12(18-11)17-10(8-13)9-6-4-3-5-7-9/h3-7,10H,8,13H2,1-2H3. The number of nitrogens with zero attached hydrogens (tertiary/aromatic N) is 3. The van der Waals surface area contributed by atoms with Crippen LogP contribution in [0.1, 0.15) is 10.8 Å². The molecule has 1 heterocycles. The molecule has 0 fully saturated rings. The Labute approximate surface area is 115 Å². The van der Waals surface area contributed by atoms with Gasteiger partial charge < -0.3 is 10.6 Å². The third-order valence-electron chi connectivity index (χ3n) is 2.41. The van der Waals surface area contributed by atoms with Crippen molar-refractivity contribution >= 4 is 28.2 Å². The first kappa shape index (κ1) is 13.3. The summed E-state index contributed by atoms with van der Waals surface area (Å²) in [5.74, 6) is 0. The molecule has 18 heavy (non-hydrogen) atoms. The lowest BCUT2D eigenvalue weighted by molar-refractivity contribution is 0.927. The van der Waals surface area contributed by atoms with E-state index in [1.54, 1.807) is 23.1 Å². The van der Waals surface area contributed by atoms with Crippen molar-refractivity contribution in [2.24, 2.45) is 5.73 Å². The highest BCUT2D eigenvalue weighted by molar-refractivity contribution is 8.01. The molecule has 6 heteroatoms. The molecule has 0 saturated carbocycles. The molecule has 0 spiro atoms. The quantitative estimate of drug-likeness (QED) is 0.852. The molecule has 1 aromatic heterocycles. The highest BCUT2D eigenvalue weighted by Crippen LogP contribution is 2.37. The fourth-order valence-corrected chi connectivity index (χ4v) is 3.46. The number of hydrogen-bond donors (Lipinski definition) is 1. The summed E-state index contributed by atoms with van der Waals surface area (Å²) in [5.41, 5.74) is 7.07. The van der Waals surface area contributed by atoms with Crippen LogP contribution in [0.2, 0.25) is 0 Å². The van der Waals surface area contributed by atoms with Crippen LogP contribution in [0.3, 0.4) is 0 Å². The molecule has 2 aromatic rings. The fraction of sp³-hybridized carbons (Fsp3) is 0.333. The maximum atomic E-state index is 5.84. The van der Waals surface area contributed by atoms with Gasteiger partial charge in [-0.1, -0.05) is 53.4 Å². The molecule has 96 valence electrons. The lowest BCUT2D eigenvalue weighted by atomic mass is 10.1. The second-order valence-corrected chi connectivity index (χ2v) is 6.40. The molecule has 0 aliphatic heterocycles. The van der Waals surface area contributed by atoms with Gasteiger partial charge in [-0.05, 0) is 5.56 Å². The summed E-state index contributed by atoms with van der Waals surface area (Å²) in [6.45, 7) is 0.589. The van der Waals surface area contributed by atoms with E-state index in [9.17, 15) is 0 Å². The Kier molecular flexibility index (Phi) is 4.57. The lowest BCUT2D eigenvalue weighted by Gasteiger charge is -2.12. The van der Waals surface area contributed by atoms with E-state index < -0.39 is 0 Å². The number of rotatable bonds is 5. The minimum absolute atomic E-state index is 0.231. The van der Waals surface area contributed by atoms with Crippen molar-refractivity contribution in [3.05, 3.63) is 35.9 Å². The molecule has 2 N–H and O–H groups in total. The molecule has 2 rings (SSSR count). The van der Waals surface area contributed by atoms with Crippen molar-refractivity contribution in [2.45, 2.75) is 9.59 Å². The number of aromatic nitrogens is 2. The predicted octanol–water partition coefficient (Wildman–Crippen LogP) is 2.40. The summed E-state index contributed by atoms with van der Waals surface area (Å²) in [4.78, 5) is 1.96. The Balaban J connectivity index is 2.10. The average Bonchev–Trinajstić information content (AvgIpc) is 2.86. The molecule has 0 amide bonds. The van der Waals surface area contributed by atoms with Crippen molar-refractivity contribution < 1.29 is 0 Å². The number of benzene rings is 1. The second kappa shape index (κ2) is 6.17. The lowest BCUT2D eigenvalue weighted by Crippen LogP contribution is -2.09. The van der Waals surface area contributed by atoms with Crippen LogP contribution in [-0.4, -0.2) is 30.8 Å². The number of nitrogens with two attached hydrogens (primary N) is 1. The Hall–Kier alpha value is -1.11. The molecule has 1 atom stereocenters. The van der Waals surface area contributed by atoms with E-state index >= 15 is 0 Å². The largest absolute Gasteiger partial charge is 0.353 e. The highest BCUT2D eigenvalue weighted by Gasteiger charge is 2.14. The van der Waals surface area contributed by atoms with E-state index in [1.165, 1.54) is 5.56 Å². The topological polar surface area (TPSA) is 55.0 Å². The third-order valence-corrected chi connectivity index (χ3v) is 4.86. The molecule has 4 nitrogen and oxygen atoms in total. The van der Waals surface area contributed by atoms with Gasteiger partial charge in [0.2, 0.25) is 5.13 Å². The molecule has 1 unspecified atom stereocenters. The Morgan fingerprint density at radius 1 is 1.28 bits per heavy atom. The van der Waals surface area contributed by atoms with Gasteiger partial charge >= 0.3 is 0 Å². The number of hydrogen-bond acceptors (Lipinski definition) is 6. The van der Waals surface area contributed by atoms with Gasteiger partial charge in [-0.25, -0.2) is 0 Å². The Bertz CT molecular complexity index is 484. The van der Waals surface area contributed by atoms with Gasteiger partial charge in [0.25, 0.3) is 0 Å². The van der Waals surface area contributed by atoms with E-state index in [4.69, 9.17) is 5.73 Å². The minimum atomic E-state index is 0.231. The van der Waals surface area contributed by atoms with Crippen molar-refractivity contribution in [3.8, 4) is 0 Å².